The van der Waals surface area contributed by atoms with Crippen LogP contribution in [0.5, 0.6) is 5.75 Å². The van der Waals surface area contributed by atoms with Gasteiger partial charge in [-0.25, -0.2) is 0 Å². The van der Waals surface area contributed by atoms with E-state index in [0.29, 0.717) is 5.75 Å². The Morgan fingerprint density at radius 1 is 1.19 bits per heavy atom. The number of aliphatic hydroxyl groups is 2. The first-order valence-corrected chi connectivity index (χ1v) is 4.97. The lowest BCUT2D eigenvalue weighted by molar-refractivity contribution is -0.232. The Kier molecular flexibility index (Phi) is 3.35. The topological polar surface area (TPSA) is 66.8 Å². The second-order valence-electron chi connectivity index (χ2n) is 4.03. The molecule has 0 unspecified atom stereocenters. The monoisotopic (exact) mass is 224 g/mol. The average Bonchev–Trinajstić information content (AvgIpc) is 2.18. The van der Waals surface area contributed by atoms with E-state index >= 15 is 0 Å². The molecule has 0 bridgehead atoms. The predicted octanol–water partition coefficient (Wildman–Crippen LogP) is 1.11. The van der Waals surface area contributed by atoms with E-state index in [1.165, 1.54) is 20.8 Å². The maximum atomic E-state index is 11.2. The van der Waals surface area contributed by atoms with Gasteiger partial charge in [0, 0.05) is 6.92 Å². The van der Waals surface area contributed by atoms with Crippen molar-refractivity contribution in [1.82, 2.24) is 0 Å². The molecule has 2 atom stereocenters. The second-order valence-corrected chi connectivity index (χ2v) is 4.03. The molecule has 4 heteroatoms. The number of hydrogen-bond acceptors (Lipinski definition) is 4. The van der Waals surface area contributed by atoms with Gasteiger partial charge in [-0.2, -0.15) is 0 Å². The van der Waals surface area contributed by atoms with Crippen LogP contribution in [0.15, 0.2) is 30.3 Å². The fourth-order valence-electron chi connectivity index (χ4n) is 1.14. The Bertz CT molecular complexity index is 368. The van der Waals surface area contributed by atoms with Gasteiger partial charge in [0.05, 0.1) is 0 Å². The van der Waals surface area contributed by atoms with Crippen molar-refractivity contribution >= 4 is 5.78 Å². The molecular weight excluding hydrogens is 208 g/mol. The highest BCUT2D eigenvalue weighted by molar-refractivity contribution is 5.85. The maximum Gasteiger partial charge on any atom is 0.241 e. The highest BCUT2D eigenvalue weighted by Crippen LogP contribution is 2.26. The van der Waals surface area contributed by atoms with Crippen LogP contribution in [0.1, 0.15) is 20.8 Å². The van der Waals surface area contributed by atoms with Gasteiger partial charge in [0.25, 0.3) is 0 Å². The number of rotatable bonds is 4. The van der Waals surface area contributed by atoms with E-state index in [-0.39, 0.29) is 0 Å². The van der Waals surface area contributed by atoms with E-state index < -0.39 is 17.2 Å². The van der Waals surface area contributed by atoms with Gasteiger partial charge in [0.1, 0.15) is 5.75 Å². The van der Waals surface area contributed by atoms with Crippen molar-refractivity contribution < 1.29 is 19.7 Å². The van der Waals surface area contributed by atoms with Crippen molar-refractivity contribution in [3.05, 3.63) is 30.3 Å². The number of para-hydroxylation sites is 1. The summed E-state index contributed by atoms with van der Waals surface area (Å²) < 4.78 is 5.21. The largest absolute Gasteiger partial charge is 0.459 e. The summed E-state index contributed by atoms with van der Waals surface area (Å²) in [5.74, 6) is -2.15. The van der Waals surface area contributed by atoms with Crippen molar-refractivity contribution in [3.8, 4) is 5.75 Å². The number of benzene rings is 1. The third-order valence-electron chi connectivity index (χ3n) is 2.65. The minimum Gasteiger partial charge on any atom is -0.459 e. The molecule has 88 valence electrons. The third kappa shape index (κ3) is 2.40. The summed E-state index contributed by atoms with van der Waals surface area (Å²) >= 11 is 0. The summed E-state index contributed by atoms with van der Waals surface area (Å²) in [5, 5.41) is 19.8. The van der Waals surface area contributed by atoms with E-state index in [4.69, 9.17) is 4.74 Å². The number of ketones is 1. The maximum absolute atomic E-state index is 11.2. The molecule has 0 saturated carbocycles. The van der Waals surface area contributed by atoms with Crippen LogP contribution in [0.2, 0.25) is 0 Å². The molecule has 0 aliphatic rings. The molecule has 0 aliphatic carbocycles. The first-order chi connectivity index (χ1) is 7.27. The molecule has 0 fully saturated rings. The SMILES string of the molecule is CC(=O)[C@](C)(O)[C@@](C)(O)Oc1ccccc1. The van der Waals surface area contributed by atoms with Gasteiger partial charge in [-0.3, -0.25) is 4.79 Å². The van der Waals surface area contributed by atoms with Gasteiger partial charge in [-0.05, 0) is 26.0 Å². The van der Waals surface area contributed by atoms with E-state index in [2.05, 4.69) is 0 Å². The Morgan fingerprint density at radius 3 is 2.12 bits per heavy atom. The molecule has 1 rings (SSSR count). The van der Waals surface area contributed by atoms with E-state index in [9.17, 15) is 15.0 Å². The summed E-state index contributed by atoms with van der Waals surface area (Å²) in [6.07, 6.45) is 0. The van der Waals surface area contributed by atoms with Crippen LogP contribution in [0.4, 0.5) is 0 Å². The van der Waals surface area contributed by atoms with Crippen LogP contribution >= 0.6 is 0 Å². The van der Waals surface area contributed by atoms with Crippen molar-refractivity contribution in [2.24, 2.45) is 0 Å². The van der Waals surface area contributed by atoms with Gasteiger partial charge in [-0.1, -0.05) is 18.2 Å². The molecule has 1 aromatic carbocycles. The van der Waals surface area contributed by atoms with Crippen LogP contribution in [0, 0.1) is 0 Å². The van der Waals surface area contributed by atoms with Gasteiger partial charge >= 0.3 is 0 Å². The standard InChI is InChI=1S/C12H16O4/c1-9(13)11(2,14)12(3,15)16-10-7-5-4-6-8-10/h4-8,14-15H,1-3H3/t11-,12-/m0/s1. The van der Waals surface area contributed by atoms with Crippen LogP contribution in [-0.2, 0) is 4.79 Å². The lowest BCUT2D eigenvalue weighted by atomic mass is 9.92. The number of ether oxygens (including phenoxy) is 1. The van der Waals surface area contributed by atoms with Crippen molar-refractivity contribution in [2.45, 2.75) is 32.2 Å². The zero-order valence-corrected chi connectivity index (χ0v) is 9.60. The minimum atomic E-state index is -1.97. The zero-order valence-electron chi connectivity index (χ0n) is 9.60. The summed E-state index contributed by atoms with van der Waals surface area (Å²) in [6, 6.07) is 8.52. The molecule has 0 aromatic heterocycles. The lowest BCUT2D eigenvalue weighted by Gasteiger charge is -2.36. The first-order valence-electron chi connectivity index (χ1n) is 4.97. The van der Waals surface area contributed by atoms with Crippen LogP contribution < -0.4 is 4.74 Å². The molecule has 16 heavy (non-hydrogen) atoms. The second kappa shape index (κ2) is 4.23. The minimum absolute atomic E-state index is 0.383. The molecule has 0 spiro atoms. The molecule has 4 nitrogen and oxygen atoms in total. The summed E-state index contributed by atoms with van der Waals surface area (Å²) in [6.45, 7) is 3.67. The van der Waals surface area contributed by atoms with Crippen molar-refractivity contribution in [2.75, 3.05) is 0 Å². The number of carbonyl (C=O) groups is 1. The molecule has 2 N–H and O–H groups in total. The Hall–Kier alpha value is -1.39. The van der Waals surface area contributed by atoms with Crippen LogP contribution in [-0.4, -0.2) is 27.4 Å². The average molecular weight is 224 g/mol. The van der Waals surface area contributed by atoms with E-state index in [1.54, 1.807) is 30.3 Å². The normalized spacial score (nSPS) is 18.3. The molecular formula is C12H16O4. The summed E-state index contributed by atoms with van der Waals surface area (Å²) in [4.78, 5) is 11.2. The Morgan fingerprint density at radius 2 is 1.69 bits per heavy atom. The molecule has 0 heterocycles. The number of hydrogen-bond donors (Lipinski definition) is 2. The Labute approximate surface area is 94.5 Å². The molecule has 0 amide bonds. The quantitative estimate of drug-likeness (QED) is 0.752. The first kappa shape index (κ1) is 12.7. The van der Waals surface area contributed by atoms with Crippen LogP contribution in [0.25, 0.3) is 0 Å². The van der Waals surface area contributed by atoms with E-state index in [0.717, 1.165) is 0 Å². The molecule has 0 radical (unpaired) electrons. The number of carbonyl (C=O) groups excluding carboxylic acids is 1. The number of Topliss-reactive ketones (excluding diaryl/α,β-unsaturated/α-hetero) is 1. The van der Waals surface area contributed by atoms with Gasteiger partial charge < -0.3 is 14.9 Å². The Balaban J connectivity index is 2.92. The van der Waals surface area contributed by atoms with Crippen molar-refractivity contribution in [3.63, 3.8) is 0 Å². The van der Waals surface area contributed by atoms with Gasteiger partial charge in [-0.15, -0.1) is 0 Å². The molecule has 0 saturated heterocycles. The fraction of sp³-hybridized carbons (Fsp3) is 0.417. The summed E-state index contributed by atoms with van der Waals surface area (Å²) in [7, 11) is 0. The van der Waals surface area contributed by atoms with Gasteiger partial charge in [0.2, 0.25) is 5.79 Å². The predicted molar refractivity (Wildman–Crippen MR) is 59.0 cm³/mol. The molecule has 1 aromatic rings. The van der Waals surface area contributed by atoms with Crippen molar-refractivity contribution in [1.29, 1.82) is 0 Å². The summed E-state index contributed by atoms with van der Waals surface area (Å²) in [5.41, 5.74) is -1.96. The zero-order chi connectivity index (χ0) is 12.4. The highest BCUT2D eigenvalue weighted by Gasteiger charge is 2.48. The fourth-order valence-corrected chi connectivity index (χ4v) is 1.14. The smallest absolute Gasteiger partial charge is 0.241 e. The van der Waals surface area contributed by atoms with E-state index in [1.807, 2.05) is 0 Å². The lowest BCUT2D eigenvalue weighted by Crippen LogP contribution is -2.58. The highest BCUT2D eigenvalue weighted by atomic mass is 16.6. The third-order valence-corrected chi connectivity index (χ3v) is 2.65. The van der Waals surface area contributed by atoms with Gasteiger partial charge in [0.15, 0.2) is 11.4 Å². The van der Waals surface area contributed by atoms with Crippen LogP contribution in [0.3, 0.4) is 0 Å². The molecule has 0 aliphatic heterocycles.